The summed E-state index contributed by atoms with van der Waals surface area (Å²) in [5, 5.41) is 0. The molecule has 192 valence electrons. The van der Waals surface area contributed by atoms with Crippen molar-refractivity contribution in [2.75, 3.05) is 6.61 Å². The van der Waals surface area contributed by atoms with Gasteiger partial charge in [0.2, 0.25) is 5.82 Å². The first kappa shape index (κ1) is 26.4. The largest absolute Gasteiger partial charge is 0.490 e. The summed E-state index contributed by atoms with van der Waals surface area (Å²) in [6.07, 6.45) is 10.2. The van der Waals surface area contributed by atoms with E-state index < -0.39 is 11.6 Å². The molecule has 0 amide bonds. The normalized spacial score (nSPS) is 17.8. The van der Waals surface area contributed by atoms with Crippen molar-refractivity contribution < 1.29 is 13.5 Å². The van der Waals surface area contributed by atoms with Crippen LogP contribution in [0.15, 0.2) is 60.7 Å². The van der Waals surface area contributed by atoms with Crippen LogP contribution < -0.4 is 4.74 Å². The van der Waals surface area contributed by atoms with Crippen LogP contribution in [-0.4, -0.2) is 6.61 Å². The van der Waals surface area contributed by atoms with Gasteiger partial charge in [-0.2, -0.15) is 4.39 Å². The summed E-state index contributed by atoms with van der Waals surface area (Å²) in [6, 6.07) is 21.3. The SMILES string of the molecule is CCCCOc1ccc(CCC2CCC(c3ccc(-c4ccc(CCC)cc4)cc3)CC2)c(F)c1F. The van der Waals surface area contributed by atoms with Crippen molar-refractivity contribution >= 4 is 0 Å². The van der Waals surface area contributed by atoms with Gasteiger partial charge in [0.05, 0.1) is 6.61 Å². The second-order valence-electron chi connectivity index (χ2n) is 10.4. The summed E-state index contributed by atoms with van der Waals surface area (Å²) in [4.78, 5) is 0. The molecule has 0 spiro atoms. The molecule has 4 rings (SSSR count). The van der Waals surface area contributed by atoms with Crippen LogP contribution in [0.4, 0.5) is 8.78 Å². The summed E-state index contributed by atoms with van der Waals surface area (Å²) in [5.74, 6) is -0.378. The first-order chi connectivity index (χ1) is 17.6. The highest BCUT2D eigenvalue weighted by molar-refractivity contribution is 5.64. The summed E-state index contributed by atoms with van der Waals surface area (Å²) in [7, 11) is 0. The van der Waals surface area contributed by atoms with Crippen molar-refractivity contribution in [3.8, 4) is 16.9 Å². The molecule has 0 saturated heterocycles. The number of halogens is 2. The second kappa shape index (κ2) is 13.0. The molecule has 1 saturated carbocycles. The molecule has 0 N–H and O–H groups in total. The summed E-state index contributed by atoms with van der Waals surface area (Å²) in [5.41, 5.74) is 5.83. The van der Waals surface area contributed by atoms with Gasteiger partial charge in [-0.15, -0.1) is 0 Å². The topological polar surface area (TPSA) is 9.23 Å². The zero-order valence-corrected chi connectivity index (χ0v) is 21.9. The van der Waals surface area contributed by atoms with Crippen LogP contribution in [0.5, 0.6) is 5.75 Å². The number of benzene rings is 3. The lowest BCUT2D eigenvalue weighted by Crippen LogP contribution is -2.14. The third-order valence-electron chi connectivity index (χ3n) is 7.76. The summed E-state index contributed by atoms with van der Waals surface area (Å²) < 4.78 is 34.3. The number of ether oxygens (including phenoxy) is 1. The van der Waals surface area contributed by atoms with E-state index >= 15 is 0 Å². The molecule has 1 aliphatic rings. The zero-order chi connectivity index (χ0) is 25.3. The fraction of sp³-hybridized carbons (Fsp3) is 0.455. The van der Waals surface area contributed by atoms with E-state index in [9.17, 15) is 8.78 Å². The van der Waals surface area contributed by atoms with Gasteiger partial charge in [0.15, 0.2) is 11.6 Å². The van der Waals surface area contributed by atoms with Gasteiger partial charge < -0.3 is 4.74 Å². The van der Waals surface area contributed by atoms with Crippen molar-refractivity contribution in [2.45, 2.75) is 84.0 Å². The number of hydrogen-bond acceptors (Lipinski definition) is 1. The Bertz CT molecular complexity index is 1080. The minimum Gasteiger partial charge on any atom is -0.490 e. The van der Waals surface area contributed by atoms with E-state index in [0.717, 1.165) is 51.4 Å². The Hall–Kier alpha value is -2.68. The Kier molecular flexibility index (Phi) is 9.55. The smallest absolute Gasteiger partial charge is 0.200 e. The maximum absolute atomic E-state index is 14.6. The fourth-order valence-electron chi connectivity index (χ4n) is 5.45. The number of hydrogen-bond donors (Lipinski definition) is 0. The van der Waals surface area contributed by atoms with Gasteiger partial charge in [0, 0.05) is 0 Å². The van der Waals surface area contributed by atoms with Crippen LogP contribution in [0.3, 0.4) is 0 Å². The molecule has 3 aromatic carbocycles. The van der Waals surface area contributed by atoms with Gasteiger partial charge in [-0.3, -0.25) is 0 Å². The zero-order valence-electron chi connectivity index (χ0n) is 21.9. The average Bonchev–Trinajstić information content (AvgIpc) is 2.92. The van der Waals surface area contributed by atoms with Crippen LogP contribution in [0.25, 0.3) is 11.1 Å². The minimum atomic E-state index is -0.840. The molecule has 3 aromatic rings. The minimum absolute atomic E-state index is 0.0322. The van der Waals surface area contributed by atoms with Gasteiger partial charge in [-0.05, 0) is 97.1 Å². The molecule has 36 heavy (non-hydrogen) atoms. The molecule has 0 unspecified atom stereocenters. The predicted molar refractivity (Wildman–Crippen MR) is 146 cm³/mol. The number of aryl methyl sites for hydroxylation is 2. The van der Waals surface area contributed by atoms with E-state index in [1.54, 1.807) is 12.1 Å². The van der Waals surface area contributed by atoms with E-state index in [2.05, 4.69) is 55.5 Å². The molecule has 0 atom stereocenters. The van der Waals surface area contributed by atoms with Crippen molar-refractivity contribution in [2.24, 2.45) is 5.92 Å². The van der Waals surface area contributed by atoms with E-state index in [4.69, 9.17) is 4.74 Å². The maximum Gasteiger partial charge on any atom is 0.200 e. The Morgan fingerprint density at radius 1 is 0.722 bits per heavy atom. The van der Waals surface area contributed by atoms with Crippen molar-refractivity contribution in [1.82, 2.24) is 0 Å². The van der Waals surface area contributed by atoms with Crippen molar-refractivity contribution in [3.63, 3.8) is 0 Å². The van der Waals surface area contributed by atoms with Crippen molar-refractivity contribution in [3.05, 3.63) is 89.0 Å². The summed E-state index contributed by atoms with van der Waals surface area (Å²) >= 11 is 0. The highest BCUT2D eigenvalue weighted by Crippen LogP contribution is 2.38. The van der Waals surface area contributed by atoms with Gasteiger partial charge in [0.25, 0.3) is 0 Å². The highest BCUT2D eigenvalue weighted by Gasteiger charge is 2.23. The standard InChI is InChI=1S/C33H40F2O/c1-3-5-23-36-31-22-21-30(32(34)33(31)35)16-11-25-9-14-27(15-10-25)29-19-17-28(18-20-29)26-12-7-24(6-4-2)8-13-26/h7-8,12-13,17-22,25,27H,3-6,9-11,14-16,23H2,1-2H3. The second-order valence-corrected chi connectivity index (χ2v) is 10.4. The Morgan fingerprint density at radius 3 is 2.03 bits per heavy atom. The number of unbranched alkanes of at least 4 members (excludes halogenated alkanes) is 1. The van der Waals surface area contributed by atoms with E-state index in [1.807, 2.05) is 6.92 Å². The lowest BCUT2D eigenvalue weighted by Gasteiger charge is -2.29. The highest BCUT2D eigenvalue weighted by atomic mass is 19.2. The molecular weight excluding hydrogens is 450 g/mol. The van der Waals surface area contributed by atoms with Gasteiger partial charge in [-0.1, -0.05) is 81.3 Å². The third-order valence-corrected chi connectivity index (χ3v) is 7.76. The molecule has 1 fully saturated rings. The molecule has 0 radical (unpaired) electrons. The molecule has 1 nitrogen and oxygen atoms in total. The van der Waals surface area contributed by atoms with Gasteiger partial charge in [0.1, 0.15) is 0 Å². The third kappa shape index (κ3) is 6.75. The first-order valence-electron chi connectivity index (χ1n) is 13.9. The van der Waals surface area contributed by atoms with Crippen molar-refractivity contribution in [1.29, 1.82) is 0 Å². The molecular formula is C33H40F2O. The first-order valence-corrected chi connectivity index (χ1v) is 13.9. The van der Waals surface area contributed by atoms with E-state index in [-0.39, 0.29) is 5.75 Å². The van der Waals surface area contributed by atoms with Crippen LogP contribution in [0.2, 0.25) is 0 Å². The average molecular weight is 491 g/mol. The Labute approximate surface area is 215 Å². The quantitative estimate of drug-likeness (QED) is 0.243. The molecule has 1 aliphatic carbocycles. The van der Waals surface area contributed by atoms with Gasteiger partial charge >= 0.3 is 0 Å². The molecule has 0 bridgehead atoms. The van der Waals surface area contributed by atoms with Crippen LogP contribution in [0, 0.1) is 17.6 Å². The fourth-order valence-corrected chi connectivity index (χ4v) is 5.45. The maximum atomic E-state index is 14.6. The van der Waals surface area contributed by atoms with Gasteiger partial charge in [-0.25, -0.2) is 4.39 Å². The lowest BCUT2D eigenvalue weighted by molar-refractivity contribution is 0.287. The molecule has 0 aromatic heterocycles. The number of rotatable bonds is 11. The molecule has 0 aliphatic heterocycles. The Balaban J connectivity index is 1.26. The van der Waals surface area contributed by atoms with Crippen LogP contribution in [0.1, 0.15) is 87.8 Å². The molecule has 3 heteroatoms. The van der Waals surface area contributed by atoms with E-state index in [0.29, 0.717) is 30.4 Å². The lowest BCUT2D eigenvalue weighted by atomic mass is 9.76. The predicted octanol–water partition coefficient (Wildman–Crippen LogP) is 9.67. The summed E-state index contributed by atoms with van der Waals surface area (Å²) in [6.45, 7) is 4.68. The van der Waals surface area contributed by atoms with Crippen LogP contribution >= 0.6 is 0 Å². The monoisotopic (exact) mass is 490 g/mol. The Morgan fingerprint density at radius 2 is 1.39 bits per heavy atom. The van der Waals surface area contributed by atoms with E-state index in [1.165, 1.54) is 28.7 Å². The van der Waals surface area contributed by atoms with Crippen LogP contribution in [-0.2, 0) is 12.8 Å². The molecule has 0 heterocycles.